The molecule has 0 spiro atoms. The molecule has 1 N–H and O–H groups in total. The summed E-state index contributed by atoms with van der Waals surface area (Å²) in [6.45, 7) is 8.06. The first-order chi connectivity index (χ1) is 16.6. The summed E-state index contributed by atoms with van der Waals surface area (Å²) in [7, 11) is 2.07. The molecule has 2 unspecified atom stereocenters. The van der Waals surface area contributed by atoms with Gasteiger partial charge in [0.25, 0.3) is 0 Å². The Hall–Kier alpha value is -3.19. The first kappa shape index (κ1) is 22.6. The van der Waals surface area contributed by atoms with Crippen molar-refractivity contribution < 1.29 is 14.3 Å². The summed E-state index contributed by atoms with van der Waals surface area (Å²) >= 11 is 0. The molecule has 2 aromatic carbocycles. The maximum absolute atomic E-state index is 12.9. The highest BCUT2D eigenvalue weighted by molar-refractivity contribution is 5.85. The Morgan fingerprint density at radius 3 is 2.62 bits per heavy atom. The minimum absolute atomic E-state index is 0.121. The molecule has 3 heterocycles. The van der Waals surface area contributed by atoms with Crippen LogP contribution in [-0.4, -0.2) is 74.9 Å². The smallest absolute Gasteiger partial charge is 0.231 e. The van der Waals surface area contributed by atoms with Gasteiger partial charge >= 0.3 is 0 Å². The minimum Gasteiger partial charge on any atom is -0.454 e. The Balaban J connectivity index is 1.06. The van der Waals surface area contributed by atoms with Crippen LogP contribution < -0.4 is 19.7 Å². The molecular weight excluding hydrogens is 428 g/mol. The minimum atomic E-state index is -0.123. The van der Waals surface area contributed by atoms with Gasteiger partial charge in [-0.15, -0.1) is 0 Å². The monoisotopic (exact) mass is 462 g/mol. The number of carbonyl (C=O) groups is 1. The Morgan fingerprint density at radius 2 is 1.82 bits per heavy atom. The van der Waals surface area contributed by atoms with E-state index in [1.807, 2.05) is 30.3 Å². The molecule has 1 fully saturated rings. The number of benzene rings is 2. The lowest BCUT2D eigenvalue weighted by molar-refractivity contribution is -0.124. The van der Waals surface area contributed by atoms with Crippen molar-refractivity contribution in [2.45, 2.75) is 19.4 Å². The van der Waals surface area contributed by atoms with Crippen molar-refractivity contribution in [3.05, 3.63) is 60.2 Å². The first-order valence-corrected chi connectivity index (χ1v) is 12.3. The fourth-order valence-corrected chi connectivity index (χ4v) is 5.10. The second kappa shape index (κ2) is 9.97. The van der Waals surface area contributed by atoms with Crippen molar-refractivity contribution in [1.82, 2.24) is 15.1 Å². The highest BCUT2D eigenvalue weighted by Crippen LogP contribution is 2.41. The summed E-state index contributed by atoms with van der Waals surface area (Å²) in [6.07, 6.45) is 3.07. The van der Waals surface area contributed by atoms with Crippen molar-refractivity contribution in [2.24, 2.45) is 5.92 Å². The van der Waals surface area contributed by atoms with Gasteiger partial charge < -0.3 is 24.6 Å². The van der Waals surface area contributed by atoms with E-state index < -0.39 is 0 Å². The fourth-order valence-electron chi connectivity index (χ4n) is 5.10. The molecule has 34 heavy (non-hydrogen) atoms. The zero-order chi connectivity index (χ0) is 23.5. The molecule has 180 valence electrons. The highest BCUT2D eigenvalue weighted by atomic mass is 16.7. The van der Waals surface area contributed by atoms with Crippen LogP contribution in [-0.2, 0) is 4.79 Å². The molecule has 1 amide bonds. The van der Waals surface area contributed by atoms with Gasteiger partial charge in [0.05, 0.1) is 11.6 Å². The molecular formula is C27H34N4O3. The molecule has 1 saturated heterocycles. The van der Waals surface area contributed by atoms with Crippen LogP contribution in [0.2, 0.25) is 0 Å². The number of piperazine rings is 1. The van der Waals surface area contributed by atoms with Gasteiger partial charge in [-0.2, -0.15) is 0 Å². The molecule has 0 aromatic heterocycles. The average Bonchev–Trinajstić information content (AvgIpc) is 3.47. The number of anilines is 1. The number of nitrogens with one attached hydrogen (secondary N) is 1. The fraction of sp³-hybridized carbons (Fsp3) is 0.444. The van der Waals surface area contributed by atoms with Crippen LogP contribution in [0.4, 0.5) is 5.69 Å². The van der Waals surface area contributed by atoms with Crippen LogP contribution in [0.5, 0.6) is 11.5 Å². The third-order valence-electron chi connectivity index (χ3n) is 7.26. The molecule has 3 aliphatic heterocycles. The number of ether oxygens (including phenoxy) is 2. The van der Waals surface area contributed by atoms with Crippen LogP contribution >= 0.6 is 0 Å². The summed E-state index contributed by atoms with van der Waals surface area (Å²) < 4.78 is 11.2. The van der Waals surface area contributed by atoms with Gasteiger partial charge in [0.2, 0.25) is 12.7 Å². The van der Waals surface area contributed by atoms with E-state index in [0.29, 0.717) is 13.3 Å². The third-order valence-corrected chi connectivity index (χ3v) is 7.26. The lowest BCUT2D eigenvalue weighted by Gasteiger charge is -2.36. The van der Waals surface area contributed by atoms with Crippen molar-refractivity contribution >= 4 is 17.3 Å². The molecule has 7 nitrogen and oxygen atoms in total. The zero-order valence-corrected chi connectivity index (χ0v) is 20.1. The first-order valence-electron chi connectivity index (χ1n) is 12.3. The Bertz CT molecular complexity index is 1030. The zero-order valence-electron chi connectivity index (χ0n) is 20.1. The maximum atomic E-state index is 12.9. The molecule has 3 aliphatic rings. The Kier molecular flexibility index (Phi) is 6.63. The molecule has 2 aromatic rings. The van der Waals surface area contributed by atoms with Gasteiger partial charge in [-0.25, -0.2) is 0 Å². The van der Waals surface area contributed by atoms with E-state index >= 15 is 0 Å². The van der Waals surface area contributed by atoms with E-state index in [2.05, 4.69) is 58.3 Å². The topological polar surface area (TPSA) is 57.3 Å². The molecule has 0 saturated carbocycles. The van der Waals surface area contributed by atoms with Crippen LogP contribution in [0.3, 0.4) is 0 Å². The van der Waals surface area contributed by atoms with Gasteiger partial charge in [-0.1, -0.05) is 36.4 Å². The number of hydrogen-bond donors (Lipinski definition) is 1. The number of fused-ring (bicyclic) bond motifs is 1. The lowest BCUT2D eigenvalue weighted by Crippen LogP contribution is -2.47. The number of amides is 1. The maximum Gasteiger partial charge on any atom is 0.231 e. The van der Waals surface area contributed by atoms with Crippen molar-refractivity contribution in [3.8, 4) is 11.5 Å². The molecule has 0 radical (unpaired) electrons. The molecule has 2 atom stereocenters. The van der Waals surface area contributed by atoms with E-state index in [0.717, 1.165) is 67.6 Å². The van der Waals surface area contributed by atoms with Crippen LogP contribution in [0.1, 0.15) is 18.9 Å². The number of carbonyl (C=O) groups excluding carboxylic acids is 1. The van der Waals surface area contributed by atoms with E-state index in [1.54, 1.807) is 0 Å². The predicted octanol–water partition coefficient (Wildman–Crippen LogP) is 3.03. The highest BCUT2D eigenvalue weighted by Gasteiger charge is 2.34. The van der Waals surface area contributed by atoms with Gasteiger partial charge in [0.1, 0.15) is 0 Å². The van der Waals surface area contributed by atoms with E-state index in [4.69, 9.17) is 9.47 Å². The van der Waals surface area contributed by atoms with Crippen molar-refractivity contribution in [3.63, 3.8) is 0 Å². The number of hydrogen-bond acceptors (Lipinski definition) is 6. The van der Waals surface area contributed by atoms with Crippen LogP contribution in [0, 0.1) is 5.92 Å². The van der Waals surface area contributed by atoms with Crippen LogP contribution in [0.15, 0.2) is 54.6 Å². The van der Waals surface area contributed by atoms with Crippen LogP contribution in [0.25, 0.3) is 5.70 Å². The summed E-state index contributed by atoms with van der Waals surface area (Å²) in [6, 6.07) is 16.5. The van der Waals surface area contributed by atoms with Gasteiger partial charge in [-0.3, -0.25) is 9.69 Å². The van der Waals surface area contributed by atoms with E-state index in [9.17, 15) is 4.79 Å². The number of rotatable bonds is 7. The second-order valence-electron chi connectivity index (χ2n) is 9.28. The van der Waals surface area contributed by atoms with Crippen molar-refractivity contribution in [2.75, 3.05) is 58.0 Å². The van der Waals surface area contributed by atoms with Crippen molar-refractivity contribution in [1.29, 1.82) is 0 Å². The largest absolute Gasteiger partial charge is 0.454 e. The standard InChI is InChI=1S/C27H34N4O3/c1-20-22(18-24(29(20)2)21-8-4-3-5-9-21)27(32)28-12-7-13-30-14-16-31(17-15-30)23-10-6-11-25-26(23)34-19-33-25/h3-6,8-11,18,20,22H,7,12-17,19H2,1-2H3,(H,28,32). The molecule has 5 rings (SSSR count). The van der Waals surface area contributed by atoms with Gasteiger partial charge in [-0.05, 0) is 43.7 Å². The summed E-state index contributed by atoms with van der Waals surface area (Å²) in [5, 5.41) is 3.17. The summed E-state index contributed by atoms with van der Waals surface area (Å²) in [4.78, 5) is 20.0. The average molecular weight is 463 g/mol. The summed E-state index contributed by atoms with van der Waals surface area (Å²) in [5.74, 6) is 1.71. The predicted molar refractivity (Wildman–Crippen MR) is 134 cm³/mol. The van der Waals surface area contributed by atoms with E-state index in [1.165, 1.54) is 0 Å². The summed E-state index contributed by atoms with van der Waals surface area (Å²) in [5.41, 5.74) is 3.42. The van der Waals surface area contributed by atoms with E-state index in [-0.39, 0.29) is 17.9 Å². The quantitative estimate of drug-likeness (QED) is 0.639. The number of nitrogens with zero attached hydrogens (tertiary/aromatic N) is 3. The van der Waals surface area contributed by atoms with Gasteiger partial charge in [0.15, 0.2) is 11.5 Å². The number of para-hydroxylation sites is 1. The van der Waals surface area contributed by atoms with Gasteiger partial charge in [0, 0.05) is 51.5 Å². The molecule has 0 aliphatic carbocycles. The molecule has 7 heteroatoms. The molecule has 0 bridgehead atoms. The lowest BCUT2D eigenvalue weighted by atomic mass is 10.0. The SMILES string of the molecule is CC1C(C(=O)NCCCN2CCN(c3cccc4c3OCO4)CC2)C=C(c2ccccc2)N1C. The third kappa shape index (κ3) is 4.57. The Morgan fingerprint density at radius 1 is 1.03 bits per heavy atom. The normalized spacial score (nSPS) is 22.1. The second-order valence-corrected chi connectivity index (χ2v) is 9.28. The Labute approximate surface area is 201 Å².